The van der Waals surface area contributed by atoms with Gasteiger partial charge in [0.25, 0.3) is 0 Å². The van der Waals surface area contributed by atoms with Crippen molar-refractivity contribution < 1.29 is 0 Å². The predicted molar refractivity (Wildman–Crippen MR) is 68.6 cm³/mol. The average molecular weight is 196 g/mol. The molecule has 0 radical (unpaired) electrons. The van der Waals surface area contributed by atoms with Gasteiger partial charge in [-0.1, -0.05) is 52.7 Å². The van der Waals surface area contributed by atoms with Gasteiger partial charge < -0.3 is 0 Å². The zero-order chi connectivity index (χ0) is 11.4. The van der Waals surface area contributed by atoms with Crippen LogP contribution in [0.4, 0.5) is 0 Å². The third-order valence-corrected chi connectivity index (χ3v) is 1.86. The molecule has 0 heterocycles. The summed E-state index contributed by atoms with van der Waals surface area (Å²) >= 11 is 0. The Morgan fingerprint density at radius 2 is 1.50 bits per heavy atom. The molecular weight excluding hydrogens is 168 g/mol. The standard InChI is InChI=1S/C8H16.C6H12/c1-5-6-7-8(2,3)4;1-3-5-6-4-2/h5H,1,6-7H2,2-4H3;3H,1,4-6H2,2H3. The van der Waals surface area contributed by atoms with Gasteiger partial charge in [0.1, 0.15) is 0 Å². The molecule has 0 heteroatoms. The Morgan fingerprint density at radius 3 is 1.64 bits per heavy atom. The van der Waals surface area contributed by atoms with Gasteiger partial charge in [-0.15, -0.1) is 13.2 Å². The van der Waals surface area contributed by atoms with Crippen LogP contribution in [0.2, 0.25) is 0 Å². The van der Waals surface area contributed by atoms with Crippen LogP contribution in [-0.4, -0.2) is 0 Å². The lowest BCUT2D eigenvalue weighted by molar-refractivity contribution is 0.381. The highest BCUT2D eigenvalue weighted by atomic mass is 14.1. The van der Waals surface area contributed by atoms with Gasteiger partial charge in [0.15, 0.2) is 0 Å². The van der Waals surface area contributed by atoms with Gasteiger partial charge in [-0.3, -0.25) is 0 Å². The Hall–Kier alpha value is -0.520. The van der Waals surface area contributed by atoms with Crippen LogP contribution >= 0.6 is 0 Å². The molecule has 0 aromatic rings. The molecule has 0 aliphatic rings. The van der Waals surface area contributed by atoms with Gasteiger partial charge in [0.05, 0.1) is 0 Å². The van der Waals surface area contributed by atoms with E-state index in [-0.39, 0.29) is 0 Å². The summed E-state index contributed by atoms with van der Waals surface area (Å²) in [5.41, 5.74) is 0.480. The molecule has 14 heavy (non-hydrogen) atoms. The number of unbranched alkanes of at least 4 members (excludes halogenated alkanes) is 2. The maximum absolute atomic E-state index is 3.66. The summed E-state index contributed by atoms with van der Waals surface area (Å²) in [5, 5.41) is 0. The first-order valence-electron chi connectivity index (χ1n) is 5.69. The lowest BCUT2D eigenvalue weighted by Gasteiger charge is -2.15. The van der Waals surface area contributed by atoms with Gasteiger partial charge in [0.2, 0.25) is 0 Å². The Morgan fingerprint density at radius 1 is 1.00 bits per heavy atom. The molecule has 0 aromatic heterocycles. The summed E-state index contributed by atoms with van der Waals surface area (Å²) in [6.07, 6.45) is 10.1. The normalized spacial score (nSPS) is 10.0. The molecule has 0 amide bonds. The molecule has 0 spiro atoms. The van der Waals surface area contributed by atoms with E-state index in [4.69, 9.17) is 0 Å². The first-order chi connectivity index (χ1) is 6.47. The van der Waals surface area contributed by atoms with Gasteiger partial charge in [-0.05, 0) is 24.7 Å². The van der Waals surface area contributed by atoms with Gasteiger partial charge in [-0.2, -0.15) is 0 Å². The van der Waals surface area contributed by atoms with Crippen molar-refractivity contribution in [2.24, 2.45) is 5.41 Å². The fourth-order valence-corrected chi connectivity index (χ4v) is 0.884. The van der Waals surface area contributed by atoms with Gasteiger partial charge in [-0.25, -0.2) is 0 Å². The topological polar surface area (TPSA) is 0 Å². The van der Waals surface area contributed by atoms with Crippen LogP contribution in [-0.2, 0) is 0 Å². The van der Waals surface area contributed by atoms with Crippen LogP contribution in [0, 0.1) is 5.41 Å². The summed E-state index contributed by atoms with van der Waals surface area (Å²) in [4.78, 5) is 0. The summed E-state index contributed by atoms with van der Waals surface area (Å²) in [7, 11) is 0. The Bertz CT molecular complexity index is 125. The quantitative estimate of drug-likeness (QED) is 0.410. The number of allylic oxidation sites excluding steroid dienone is 2. The third kappa shape index (κ3) is 22.5. The first-order valence-corrected chi connectivity index (χ1v) is 5.69. The lowest BCUT2D eigenvalue weighted by Crippen LogP contribution is -2.02. The van der Waals surface area contributed by atoms with Crippen molar-refractivity contribution in [2.75, 3.05) is 0 Å². The molecule has 0 N–H and O–H groups in total. The smallest absolute Gasteiger partial charge is 0.0348 e. The largest absolute Gasteiger partial charge is 0.103 e. The highest BCUT2D eigenvalue weighted by Gasteiger charge is 2.06. The summed E-state index contributed by atoms with van der Waals surface area (Å²) < 4.78 is 0. The molecule has 0 rings (SSSR count). The molecular formula is C14H28. The number of rotatable bonds is 5. The summed E-state index contributed by atoms with van der Waals surface area (Å²) in [5.74, 6) is 0. The molecule has 0 saturated carbocycles. The minimum atomic E-state index is 0.480. The van der Waals surface area contributed by atoms with Crippen LogP contribution in [0.5, 0.6) is 0 Å². The fraction of sp³-hybridized carbons (Fsp3) is 0.714. The summed E-state index contributed by atoms with van der Waals surface area (Å²) in [6.45, 7) is 16.2. The van der Waals surface area contributed by atoms with Crippen molar-refractivity contribution in [2.45, 2.75) is 59.8 Å². The molecule has 0 saturated heterocycles. The van der Waals surface area contributed by atoms with Crippen molar-refractivity contribution >= 4 is 0 Å². The van der Waals surface area contributed by atoms with E-state index in [0.717, 1.165) is 6.42 Å². The van der Waals surface area contributed by atoms with Gasteiger partial charge in [0, 0.05) is 0 Å². The zero-order valence-electron chi connectivity index (χ0n) is 10.6. The van der Waals surface area contributed by atoms with Crippen molar-refractivity contribution in [1.82, 2.24) is 0 Å². The average Bonchev–Trinajstić information content (AvgIpc) is 2.11. The zero-order valence-corrected chi connectivity index (χ0v) is 10.6. The molecule has 0 bridgehead atoms. The predicted octanol–water partition coefficient (Wildman–Crippen LogP) is 5.36. The minimum Gasteiger partial charge on any atom is -0.103 e. The first kappa shape index (κ1) is 15.9. The Labute approximate surface area is 91.1 Å². The Kier molecular flexibility index (Phi) is 12.0. The van der Waals surface area contributed by atoms with E-state index >= 15 is 0 Å². The maximum Gasteiger partial charge on any atom is -0.0348 e. The fourth-order valence-electron chi connectivity index (χ4n) is 0.884. The van der Waals surface area contributed by atoms with E-state index in [1.54, 1.807) is 0 Å². The van der Waals surface area contributed by atoms with E-state index in [1.165, 1.54) is 25.7 Å². The summed E-state index contributed by atoms with van der Waals surface area (Å²) in [6, 6.07) is 0. The highest BCUT2D eigenvalue weighted by molar-refractivity contribution is 4.71. The second-order valence-corrected chi connectivity index (χ2v) is 4.82. The van der Waals surface area contributed by atoms with Crippen LogP contribution in [0.3, 0.4) is 0 Å². The second-order valence-electron chi connectivity index (χ2n) is 4.82. The number of hydrogen-bond donors (Lipinski definition) is 0. The molecule has 0 unspecified atom stereocenters. The van der Waals surface area contributed by atoms with Crippen molar-refractivity contribution in [1.29, 1.82) is 0 Å². The maximum atomic E-state index is 3.66. The van der Waals surface area contributed by atoms with Gasteiger partial charge >= 0.3 is 0 Å². The van der Waals surface area contributed by atoms with E-state index in [1.807, 2.05) is 12.2 Å². The second kappa shape index (κ2) is 10.6. The molecule has 0 atom stereocenters. The molecule has 84 valence electrons. The SMILES string of the molecule is C=CCCC(C)(C)C.C=CCCCC. The van der Waals surface area contributed by atoms with Crippen LogP contribution < -0.4 is 0 Å². The monoisotopic (exact) mass is 196 g/mol. The molecule has 0 fully saturated rings. The van der Waals surface area contributed by atoms with E-state index in [9.17, 15) is 0 Å². The molecule has 0 nitrogen and oxygen atoms in total. The molecule has 0 aromatic carbocycles. The van der Waals surface area contributed by atoms with Crippen molar-refractivity contribution in [3.8, 4) is 0 Å². The van der Waals surface area contributed by atoms with E-state index < -0.39 is 0 Å². The Balaban J connectivity index is 0. The van der Waals surface area contributed by atoms with Crippen LogP contribution in [0.25, 0.3) is 0 Å². The van der Waals surface area contributed by atoms with Crippen molar-refractivity contribution in [3.05, 3.63) is 25.3 Å². The number of hydrogen-bond acceptors (Lipinski definition) is 0. The van der Waals surface area contributed by atoms with E-state index in [0.29, 0.717) is 5.41 Å². The van der Waals surface area contributed by atoms with Crippen molar-refractivity contribution in [3.63, 3.8) is 0 Å². The lowest BCUT2D eigenvalue weighted by atomic mass is 9.91. The minimum absolute atomic E-state index is 0.480. The van der Waals surface area contributed by atoms with Crippen LogP contribution in [0.15, 0.2) is 25.3 Å². The van der Waals surface area contributed by atoms with E-state index in [2.05, 4.69) is 40.9 Å². The molecule has 0 aliphatic carbocycles. The third-order valence-electron chi connectivity index (χ3n) is 1.86. The molecule has 0 aliphatic heterocycles. The highest BCUT2D eigenvalue weighted by Crippen LogP contribution is 2.20. The van der Waals surface area contributed by atoms with Crippen LogP contribution in [0.1, 0.15) is 59.8 Å².